The maximum Gasteiger partial charge on any atom is 0.248 e. The third-order valence-corrected chi connectivity index (χ3v) is 2.62. The number of H-pyrrole nitrogens is 1. The van der Waals surface area contributed by atoms with Gasteiger partial charge in [-0.1, -0.05) is 0 Å². The molecule has 0 aliphatic heterocycles. The lowest BCUT2D eigenvalue weighted by Crippen LogP contribution is -2.33. The number of aromatic nitrogens is 1. The fraction of sp³-hybridized carbons (Fsp3) is 0.400. The molecule has 1 aromatic rings. The molecule has 0 radical (unpaired) electrons. The summed E-state index contributed by atoms with van der Waals surface area (Å²) in [6.45, 7) is 0. The lowest BCUT2D eigenvalue weighted by molar-refractivity contribution is -0.121. The number of rotatable bonds is 2. The zero-order valence-corrected chi connectivity index (χ0v) is 7.95. The minimum absolute atomic E-state index is 0.109. The zero-order valence-electron chi connectivity index (χ0n) is 7.95. The smallest absolute Gasteiger partial charge is 0.248 e. The fourth-order valence-corrected chi connectivity index (χ4v) is 1.46. The molecule has 4 nitrogen and oxygen atoms in total. The van der Waals surface area contributed by atoms with Crippen LogP contribution in [0.3, 0.4) is 0 Å². The number of nitrogens with zero attached hydrogens (tertiary/aromatic N) is 2. The lowest BCUT2D eigenvalue weighted by Gasteiger charge is -2.17. The van der Waals surface area contributed by atoms with Gasteiger partial charge in [-0.05, 0) is 25.0 Å². The van der Waals surface area contributed by atoms with Gasteiger partial charge in [-0.15, -0.1) is 0 Å². The normalized spacial score (nSPS) is 17.1. The van der Waals surface area contributed by atoms with Crippen molar-refractivity contribution in [2.24, 2.45) is 5.41 Å². The molecule has 14 heavy (non-hydrogen) atoms. The van der Waals surface area contributed by atoms with Crippen molar-refractivity contribution in [1.82, 2.24) is 4.98 Å². The van der Waals surface area contributed by atoms with Crippen molar-refractivity contribution in [3.05, 3.63) is 18.3 Å². The molecular formula is C10H11N3O. The first-order valence-electron chi connectivity index (χ1n) is 4.52. The molecule has 0 aromatic carbocycles. The van der Waals surface area contributed by atoms with Crippen molar-refractivity contribution in [2.45, 2.75) is 12.8 Å². The number of nitrogens with one attached hydrogen (secondary N) is 1. The monoisotopic (exact) mass is 189 g/mol. The van der Waals surface area contributed by atoms with E-state index in [0.29, 0.717) is 12.8 Å². The number of aromatic amines is 1. The van der Waals surface area contributed by atoms with E-state index in [1.165, 1.54) is 4.90 Å². The van der Waals surface area contributed by atoms with Gasteiger partial charge in [0.1, 0.15) is 11.2 Å². The Kier molecular flexibility index (Phi) is 1.81. The predicted molar refractivity (Wildman–Crippen MR) is 51.5 cm³/mol. The minimum atomic E-state index is -0.736. The van der Waals surface area contributed by atoms with Gasteiger partial charge in [0.2, 0.25) is 5.91 Å². The number of hydrogen-bond acceptors (Lipinski definition) is 2. The van der Waals surface area contributed by atoms with E-state index in [-0.39, 0.29) is 5.91 Å². The Bertz CT molecular complexity index is 384. The molecule has 2 rings (SSSR count). The highest BCUT2D eigenvalue weighted by molar-refractivity contribution is 6.00. The van der Waals surface area contributed by atoms with Crippen molar-refractivity contribution in [2.75, 3.05) is 11.9 Å². The quantitative estimate of drug-likeness (QED) is 0.761. The summed E-state index contributed by atoms with van der Waals surface area (Å²) in [6, 6.07) is 5.73. The van der Waals surface area contributed by atoms with Gasteiger partial charge in [0.05, 0.1) is 6.07 Å². The first-order chi connectivity index (χ1) is 6.69. The lowest BCUT2D eigenvalue weighted by atomic mass is 10.1. The molecule has 1 heterocycles. The maximum absolute atomic E-state index is 11.8. The SMILES string of the molecule is CN(C(=O)C1(C#N)CC1)c1ccc[nH]1. The largest absolute Gasteiger partial charge is 0.348 e. The first-order valence-corrected chi connectivity index (χ1v) is 4.52. The van der Waals surface area contributed by atoms with E-state index in [1.54, 1.807) is 13.2 Å². The van der Waals surface area contributed by atoms with E-state index >= 15 is 0 Å². The van der Waals surface area contributed by atoms with Crippen LogP contribution in [-0.4, -0.2) is 17.9 Å². The van der Waals surface area contributed by atoms with E-state index in [2.05, 4.69) is 11.1 Å². The van der Waals surface area contributed by atoms with Crippen LogP contribution in [0.25, 0.3) is 0 Å². The molecule has 0 bridgehead atoms. The molecule has 72 valence electrons. The molecule has 0 saturated heterocycles. The number of hydrogen-bond donors (Lipinski definition) is 1. The summed E-state index contributed by atoms with van der Waals surface area (Å²) in [5.41, 5.74) is -0.736. The Balaban J connectivity index is 2.18. The Labute approximate surface area is 82.1 Å². The van der Waals surface area contributed by atoms with Crippen molar-refractivity contribution >= 4 is 11.7 Å². The Hall–Kier alpha value is -1.76. The van der Waals surface area contributed by atoms with Gasteiger partial charge in [-0.25, -0.2) is 0 Å². The Morgan fingerprint density at radius 1 is 1.71 bits per heavy atom. The van der Waals surface area contributed by atoms with Gasteiger partial charge in [-0.3, -0.25) is 4.79 Å². The van der Waals surface area contributed by atoms with E-state index < -0.39 is 5.41 Å². The van der Waals surface area contributed by atoms with Crippen LogP contribution in [-0.2, 0) is 4.79 Å². The number of carbonyl (C=O) groups excluding carboxylic acids is 1. The summed E-state index contributed by atoms with van der Waals surface area (Å²) < 4.78 is 0. The molecular weight excluding hydrogens is 178 g/mol. The summed E-state index contributed by atoms with van der Waals surface area (Å²) in [6.07, 6.45) is 3.13. The third kappa shape index (κ3) is 1.18. The van der Waals surface area contributed by atoms with Crippen molar-refractivity contribution in [1.29, 1.82) is 5.26 Å². The fourth-order valence-electron chi connectivity index (χ4n) is 1.46. The van der Waals surface area contributed by atoms with Crippen LogP contribution >= 0.6 is 0 Å². The van der Waals surface area contributed by atoms with Gasteiger partial charge in [-0.2, -0.15) is 5.26 Å². The second-order valence-electron chi connectivity index (χ2n) is 3.61. The average molecular weight is 189 g/mol. The predicted octanol–water partition coefficient (Wildman–Crippen LogP) is 1.28. The highest BCUT2D eigenvalue weighted by Crippen LogP contribution is 2.46. The van der Waals surface area contributed by atoms with Crippen LogP contribution in [0.2, 0.25) is 0 Å². The highest BCUT2D eigenvalue weighted by atomic mass is 16.2. The standard InChI is InChI=1S/C10H11N3O/c1-13(8-3-2-6-12-8)9(14)10(7-11)4-5-10/h2-3,6,12H,4-5H2,1H3. The molecule has 1 aliphatic carbocycles. The molecule has 1 fully saturated rings. The number of carbonyl (C=O) groups is 1. The van der Waals surface area contributed by atoms with E-state index in [4.69, 9.17) is 5.26 Å². The van der Waals surface area contributed by atoms with Crippen LogP contribution < -0.4 is 4.90 Å². The molecule has 1 aromatic heterocycles. The van der Waals surface area contributed by atoms with Crippen LogP contribution in [0.15, 0.2) is 18.3 Å². The van der Waals surface area contributed by atoms with Gasteiger partial charge in [0.25, 0.3) is 0 Å². The van der Waals surface area contributed by atoms with Crippen LogP contribution in [0.1, 0.15) is 12.8 Å². The summed E-state index contributed by atoms with van der Waals surface area (Å²) in [5.74, 6) is 0.624. The van der Waals surface area contributed by atoms with Crippen LogP contribution in [0.4, 0.5) is 5.82 Å². The Morgan fingerprint density at radius 2 is 2.43 bits per heavy atom. The number of anilines is 1. The van der Waals surface area contributed by atoms with Crippen LogP contribution in [0, 0.1) is 16.7 Å². The maximum atomic E-state index is 11.8. The molecule has 0 atom stereocenters. The Morgan fingerprint density at radius 3 is 2.86 bits per heavy atom. The van der Waals surface area contributed by atoms with Crippen molar-refractivity contribution in [3.63, 3.8) is 0 Å². The van der Waals surface area contributed by atoms with Crippen LogP contribution in [0.5, 0.6) is 0 Å². The molecule has 0 unspecified atom stereocenters. The second-order valence-corrected chi connectivity index (χ2v) is 3.61. The minimum Gasteiger partial charge on any atom is -0.348 e. The van der Waals surface area contributed by atoms with Gasteiger partial charge in [0.15, 0.2) is 0 Å². The number of nitriles is 1. The molecule has 0 spiro atoms. The van der Waals surface area contributed by atoms with Crippen molar-refractivity contribution in [3.8, 4) is 6.07 Å². The van der Waals surface area contributed by atoms with Gasteiger partial charge >= 0.3 is 0 Å². The molecule has 1 saturated carbocycles. The third-order valence-electron chi connectivity index (χ3n) is 2.62. The first kappa shape index (κ1) is 8.82. The summed E-state index contributed by atoms with van der Waals surface area (Å²) in [7, 11) is 1.69. The zero-order chi connectivity index (χ0) is 10.2. The van der Waals surface area contributed by atoms with E-state index in [0.717, 1.165) is 5.82 Å². The molecule has 1 amide bonds. The second kappa shape index (κ2) is 2.88. The summed E-state index contributed by atoms with van der Waals surface area (Å²) in [5, 5.41) is 8.87. The molecule has 1 N–H and O–H groups in total. The van der Waals surface area contributed by atoms with Gasteiger partial charge in [0, 0.05) is 13.2 Å². The molecule has 1 aliphatic rings. The van der Waals surface area contributed by atoms with E-state index in [9.17, 15) is 4.79 Å². The summed E-state index contributed by atoms with van der Waals surface area (Å²) in [4.78, 5) is 16.3. The van der Waals surface area contributed by atoms with E-state index in [1.807, 2.05) is 12.1 Å². The topological polar surface area (TPSA) is 59.9 Å². The average Bonchev–Trinajstić information content (AvgIpc) is 2.82. The highest BCUT2D eigenvalue weighted by Gasteiger charge is 2.52. The molecule has 4 heteroatoms. The summed E-state index contributed by atoms with van der Waals surface area (Å²) >= 11 is 0. The van der Waals surface area contributed by atoms with Gasteiger partial charge < -0.3 is 9.88 Å². The van der Waals surface area contributed by atoms with Crippen molar-refractivity contribution < 1.29 is 4.79 Å². The number of amides is 1.